The molecule has 130 valence electrons. The molecule has 1 saturated heterocycles. The van der Waals surface area contributed by atoms with Gasteiger partial charge in [0.2, 0.25) is 0 Å². The van der Waals surface area contributed by atoms with Gasteiger partial charge in [-0.2, -0.15) is 0 Å². The highest BCUT2D eigenvalue weighted by Gasteiger charge is 2.21. The van der Waals surface area contributed by atoms with Crippen LogP contribution in [0.3, 0.4) is 0 Å². The molecule has 0 spiro atoms. The number of aromatic nitrogens is 1. The van der Waals surface area contributed by atoms with Crippen LogP contribution < -0.4 is 10.6 Å². The number of thiazole rings is 1. The summed E-state index contributed by atoms with van der Waals surface area (Å²) in [6.07, 6.45) is 0.931. The topological polar surface area (TPSA) is 55.8 Å². The molecule has 1 fully saturated rings. The van der Waals surface area contributed by atoms with Crippen LogP contribution in [0.4, 0.5) is 0 Å². The standard InChI is InChI=1S/C16H30N6S/c1-5-17-16(18-7-6-14-12-23-13(2)20-14)19-10-15-11-21(3)8-9-22(15)4/h12,15H,5-11H2,1-4H3,(H2,17,18,19). The second-order valence-corrected chi connectivity index (χ2v) is 7.21. The molecular formula is C16H30N6S. The first-order valence-electron chi connectivity index (χ1n) is 8.40. The van der Waals surface area contributed by atoms with Crippen molar-refractivity contribution >= 4 is 17.3 Å². The molecule has 0 amide bonds. The molecule has 23 heavy (non-hydrogen) atoms. The van der Waals surface area contributed by atoms with Crippen molar-refractivity contribution in [2.45, 2.75) is 26.3 Å². The highest BCUT2D eigenvalue weighted by atomic mass is 32.1. The van der Waals surface area contributed by atoms with E-state index in [-0.39, 0.29) is 0 Å². The van der Waals surface area contributed by atoms with Gasteiger partial charge in [-0.15, -0.1) is 11.3 Å². The number of nitrogens with one attached hydrogen (secondary N) is 2. The molecule has 6 nitrogen and oxygen atoms in total. The fourth-order valence-electron chi connectivity index (χ4n) is 2.67. The van der Waals surface area contributed by atoms with Gasteiger partial charge in [0.05, 0.1) is 17.2 Å². The minimum atomic E-state index is 0.491. The van der Waals surface area contributed by atoms with Crippen molar-refractivity contribution in [2.24, 2.45) is 4.99 Å². The number of nitrogens with zero attached hydrogens (tertiary/aromatic N) is 4. The van der Waals surface area contributed by atoms with E-state index in [1.54, 1.807) is 11.3 Å². The van der Waals surface area contributed by atoms with Gasteiger partial charge in [-0.05, 0) is 27.9 Å². The van der Waals surface area contributed by atoms with Crippen molar-refractivity contribution in [3.05, 3.63) is 16.1 Å². The van der Waals surface area contributed by atoms with Gasteiger partial charge >= 0.3 is 0 Å². The third-order valence-electron chi connectivity index (χ3n) is 4.12. The number of hydrogen-bond acceptors (Lipinski definition) is 5. The molecule has 1 aliphatic heterocycles. The van der Waals surface area contributed by atoms with Crippen LogP contribution >= 0.6 is 11.3 Å². The fourth-order valence-corrected chi connectivity index (χ4v) is 3.32. The quantitative estimate of drug-likeness (QED) is 0.593. The van der Waals surface area contributed by atoms with E-state index < -0.39 is 0 Å². The molecule has 0 radical (unpaired) electrons. The summed E-state index contributed by atoms with van der Waals surface area (Å²) < 4.78 is 0. The summed E-state index contributed by atoms with van der Waals surface area (Å²) in [6, 6.07) is 0.491. The number of piperazine rings is 1. The van der Waals surface area contributed by atoms with Crippen molar-refractivity contribution in [1.82, 2.24) is 25.4 Å². The van der Waals surface area contributed by atoms with Crippen molar-refractivity contribution in [1.29, 1.82) is 0 Å². The Morgan fingerprint density at radius 3 is 2.91 bits per heavy atom. The van der Waals surface area contributed by atoms with Crippen LogP contribution in [0, 0.1) is 6.92 Å². The van der Waals surface area contributed by atoms with E-state index in [0.717, 1.165) is 62.4 Å². The molecule has 0 aliphatic carbocycles. The second-order valence-electron chi connectivity index (χ2n) is 6.15. The van der Waals surface area contributed by atoms with Gasteiger partial charge in [0.25, 0.3) is 0 Å². The first-order chi connectivity index (χ1) is 11.1. The van der Waals surface area contributed by atoms with Gasteiger partial charge in [-0.25, -0.2) is 4.98 Å². The minimum Gasteiger partial charge on any atom is -0.357 e. The Morgan fingerprint density at radius 1 is 1.39 bits per heavy atom. The molecular weight excluding hydrogens is 308 g/mol. The number of rotatable bonds is 6. The van der Waals surface area contributed by atoms with E-state index in [1.165, 1.54) is 0 Å². The molecule has 2 heterocycles. The lowest BCUT2D eigenvalue weighted by atomic mass is 10.2. The van der Waals surface area contributed by atoms with Crippen molar-refractivity contribution in [2.75, 3.05) is 53.4 Å². The predicted octanol–water partition coefficient (Wildman–Crippen LogP) is 0.795. The first kappa shape index (κ1) is 18.2. The summed E-state index contributed by atoms with van der Waals surface area (Å²) in [6.45, 7) is 10.0. The molecule has 2 rings (SSSR count). The Balaban J connectivity index is 1.81. The smallest absolute Gasteiger partial charge is 0.191 e. The summed E-state index contributed by atoms with van der Waals surface area (Å²) in [5.74, 6) is 0.904. The normalized spacial score (nSPS) is 20.7. The van der Waals surface area contributed by atoms with Crippen LogP contribution in [0.1, 0.15) is 17.6 Å². The van der Waals surface area contributed by atoms with E-state index in [2.05, 4.69) is 51.8 Å². The Bertz CT molecular complexity index is 501. The summed E-state index contributed by atoms with van der Waals surface area (Å²) >= 11 is 1.71. The predicted molar refractivity (Wildman–Crippen MR) is 98.5 cm³/mol. The summed E-state index contributed by atoms with van der Waals surface area (Å²) in [5.41, 5.74) is 1.16. The molecule has 1 aromatic rings. The summed E-state index contributed by atoms with van der Waals surface area (Å²) in [4.78, 5) is 14.1. The van der Waals surface area contributed by atoms with Gasteiger partial charge in [0.1, 0.15) is 0 Å². The fraction of sp³-hybridized carbons (Fsp3) is 0.750. The molecule has 2 N–H and O–H groups in total. The highest BCUT2D eigenvalue weighted by Crippen LogP contribution is 2.08. The largest absolute Gasteiger partial charge is 0.357 e. The lowest BCUT2D eigenvalue weighted by molar-refractivity contribution is 0.119. The molecule has 1 atom stereocenters. The van der Waals surface area contributed by atoms with E-state index in [9.17, 15) is 0 Å². The third kappa shape index (κ3) is 6.08. The zero-order valence-corrected chi connectivity index (χ0v) is 15.6. The van der Waals surface area contributed by atoms with Crippen LogP contribution in [0.25, 0.3) is 0 Å². The van der Waals surface area contributed by atoms with Crippen LogP contribution in [-0.4, -0.2) is 80.1 Å². The number of guanidine groups is 1. The lowest BCUT2D eigenvalue weighted by Crippen LogP contribution is -2.51. The van der Waals surface area contributed by atoms with Crippen LogP contribution in [0.5, 0.6) is 0 Å². The third-order valence-corrected chi connectivity index (χ3v) is 4.95. The Kier molecular flexibility index (Phi) is 7.26. The molecule has 7 heteroatoms. The monoisotopic (exact) mass is 338 g/mol. The Hall–Kier alpha value is -1.18. The van der Waals surface area contributed by atoms with Crippen molar-refractivity contribution in [3.8, 4) is 0 Å². The molecule has 0 saturated carbocycles. The van der Waals surface area contributed by atoms with Gasteiger partial charge in [0, 0.05) is 50.6 Å². The van der Waals surface area contributed by atoms with E-state index in [0.29, 0.717) is 6.04 Å². The Morgan fingerprint density at radius 2 is 2.22 bits per heavy atom. The summed E-state index contributed by atoms with van der Waals surface area (Å²) in [5, 5.41) is 10.0. The number of likely N-dealkylation sites (N-methyl/N-ethyl adjacent to an activating group) is 2. The molecule has 1 unspecified atom stereocenters. The number of aliphatic imine (C=N–C) groups is 1. The lowest BCUT2D eigenvalue weighted by Gasteiger charge is -2.36. The zero-order valence-electron chi connectivity index (χ0n) is 14.8. The minimum absolute atomic E-state index is 0.491. The summed E-state index contributed by atoms with van der Waals surface area (Å²) in [7, 11) is 4.38. The van der Waals surface area contributed by atoms with Crippen LogP contribution in [0.15, 0.2) is 10.4 Å². The zero-order chi connectivity index (χ0) is 16.7. The molecule has 0 bridgehead atoms. The number of hydrogen-bond donors (Lipinski definition) is 2. The van der Waals surface area contributed by atoms with Crippen molar-refractivity contribution < 1.29 is 0 Å². The SMILES string of the molecule is CCNC(=NCC1CN(C)CCN1C)NCCc1csc(C)n1. The van der Waals surface area contributed by atoms with E-state index in [1.807, 2.05) is 6.92 Å². The molecule has 1 aromatic heterocycles. The van der Waals surface area contributed by atoms with Gasteiger partial charge < -0.3 is 15.5 Å². The molecule has 0 aromatic carbocycles. The maximum absolute atomic E-state index is 4.77. The highest BCUT2D eigenvalue weighted by molar-refractivity contribution is 7.09. The van der Waals surface area contributed by atoms with E-state index >= 15 is 0 Å². The average Bonchev–Trinajstić information content (AvgIpc) is 2.93. The average molecular weight is 339 g/mol. The first-order valence-corrected chi connectivity index (χ1v) is 9.28. The van der Waals surface area contributed by atoms with Crippen LogP contribution in [0.2, 0.25) is 0 Å². The van der Waals surface area contributed by atoms with Crippen LogP contribution in [-0.2, 0) is 6.42 Å². The van der Waals surface area contributed by atoms with Gasteiger partial charge in [0.15, 0.2) is 5.96 Å². The Labute approximate surface area is 144 Å². The van der Waals surface area contributed by atoms with Crippen molar-refractivity contribution in [3.63, 3.8) is 0 Å². The maximum Gasteiger partial charge on any atom is 0.191 e. The number of aryl methyl sites for hydroxylation is 1. The van der Waals surface area contributed by atoms with Gasteiger partial charge in [-0.1, -0.05) is 0 Å². The van der Waals surface area contributed by atoms with E-state index in [4.69, 9.17) is 4.99 Å². The second kappa shape index (κ2) is 9.20. The molecule has 1 aliphatic rings. The maximum atomic E-state index is 4.77. The van der Waals surface area contributed by atoms with Gasteiger partial charge in [-0.3, -0.25) is 9.89 Å².